The first kappa shape index (κ1) is 9.81. The minimum atomic E-state index is -0.234. The second-order valence-corrected chi connectivity index (χ2v) is 3.21. The molecule has 0 aromatic heterocycles. The van der Waals surface area contributed by atoms with Crippen molar-refractivity contribution in [1.29, 1.82) is 0 Å². The molecule has 1 fully saturated rings. The molecule has 1 heterocycles. The Hall–Kier alpha value is -0.280. The topological polar surface area (TPSA) is 38.3 Å². The van der Waals surface area contributed by atoms with Crippen LogP contribution in [0.2, 0.25) is 0 Å². The smallest absolute Gasteiger partial charge is 0.249 e. The van der Waals surface area contributed by atoms with Gasteiger partial charge in [0, 0.05) is 19.0 Å². The number of hydrogen-bond acceptors (Lipinski definition) is 2. The van der Waals surface area contributed by atoms with E-state index in [0.29, 0.717) is 19.0 Å². The fourth-order valence-electron chi connectivity index (χ4n) is 1.23. The van der Waals surface area contributed by atoms with Crippen molar-refractivity contribution in [3.8, 4) is 0 Å². The lowest BCUT2D eigenvalue weighted by molar-refractivity contribution is -0.135. The molecule has 4 heteroatoms. The maximum absolute atomic E-state index is 11.3. The molecule has 0 bridgehead atoms. The lowest BCUT2D eigenvalue weighted by Crippen LogP contribution is -2.39. The summed E-state index contributed by atoms with van der Waals surface area (Å²) in [6.45, 7) is 1.24. The fraction of sp³-hybridized carbons (Fsp3) is 0.875. The summed E-state index contributed by atoms with van der Waals surface area (Å²) >= 11 is 5.43. The number of rotatable bonds is 3. The summed E-state index contributed by atoms with van der Waals surface area (Å²) in [4.78, 5) is 11.3. The molecule has 1 amide bonds. The molecule has 1 aliphatic rings. The summed E-state index contributed by atoms with van der Waals surface area (Å²) in [7, 11) is 0. The quantitative estimate of drug-likeness (QED) is 0.674. The molecule has 1 aliphatic heterocycles. The molecular formula is C8H14ClNO2. The zero-order chi connectivity index (χ0) is 8.81. The van der Waals surface area contributed by atoms with Gasteiger partial charge in [0.1, 0.15) is 6.10 Å². The molecule has 1 atom stereocenters. The predicted molar refractivity (Wildman–Crippen MR) is 47.3 cm³/mol. The predicted octanol–water partition coefficient (Wildman–Crippen LogP) is 0.910. The van der Waals surface area contributed by atoms with Gasteiger partial charge in [-0.3, -0.25) is 4.79 Å². The standard InChI is InChI=1S/C8H14ClNO2/c9-4-5-10-8(11)7-3-1-2-6-12-7/h7H,1-6H2,(H,10,11). The molecule has 1 saturated heterocycles. The minimum absolute atomic E-state index is 0.0182. The summed E-state index contributed by atoms with van der Waals surface area (Å²) in [6.07, 6.45) is 2.76. The van der Waals surface area contributed by atoms with E-state index in [-0.39, 0.29) is 12.0 Å². The highest BCUT2D eigenvalue weighted by Crippen LogP contribution is 2.12. The van der Waals surface area contributed by atoms with E-state index in [1.165, 1.54) is 0 Å². The Morgan fingerprint density at radius 2 is 2.42 bits per heavy atom. The summed E-state index contributed by atoms with van der Waals surface area (Å²) in [5.41, 5.74) is 0. The fourth-order valence-corrected chi connectivity index (χ4v) is 1.33. The molecular weight excluding hydrogens is 178 g/mol. The van der Waals surface area contributed by atoms with Crippen LogP contribution in [0.3, 0.4) is 0 Å². The molecule has 0 radical (unpaired) electrons. The first-order valence-electron chi connectivity index (χ1n) is 4.30. The van der Waals surface area contributed by atoms with Crippen molar-refractivity contribution in [2.24, 2.45) is 0 Å². The number of halogens is 1. The van der Waals surface area contributed by atoms with Crippen molar-refractivity contribution >= 4 is 17.5 Å². The number of alkyl halides is 1. The van der Waals surface area contributed by atoms with E-state index < -0.39 is 0 Å². The highest BCUT2D eigenvalue weighted by molar-refractivity contribution is 6.18. The summed E-state index contributed by atoms with van der Waals surface area (Å²) in [5, 5.41) is 2.71. The van der Waals surface area contributed by atoms with Gasteiger partial charge in [0.2, 0.25) is 5.91 Å². The van der Waals surface area contributed by atoms with Gasteiger partial charge in [0.15, 0.2) is 0 Å². The Morgan fingerprint density at radius 1 is 1.58 bits per heavy atom. The van der Waals surface area contributed by atoms with Crippen LogP contribution in [0.5, 0.6) is 0 Å². The number of nitrogens with one attached hydrogen (secondary N) is 1. The van der Waals surface area contributed by atoms with Gasteiger partial charge in [-0.15, -0.1) is 11.6 Å². The third-order valence-corrected chi connectivity index (χ3v) is 2.05. The van der Waals surface area contributed by atoms with E-state index in [4.69, 9.17) is 16.3 Å². The van der Waals surface area contributed by atoms with Crippen LogP contribution in [0.15, 0.2) is 0 Å². The van der Waals surface area contributed by atoms with E-state index in [2.05, 4.69) is 5.32 Å². The highest BCUT2D eigenvalue weighted by atomic mass is 35.5. The van der Waals surface area contributed by atoms with E-state index >= 15 is 0 Å². The average Bonchev–Trinajstić information content (AvgIpc) is 2.15. The van der Waals surface area contributed by atoms with E-state index in [0.717, 1.165) is 19.3 Å². The molecule has 12 heavy (non-hydrogen) atoms. The molecule has 0 saturated carbocycles. The van der Waals surface area contributed by atoms with E-state index in [9.17, 15) is 4.79 Å². The average molecular weight is 192 g/mol. The Kier molecular flexibility index (Phi) is 4.40. The van der Waals surface area contributed by atoms with Gasteiger partial charge in [-0.1, -0.05) is 0 Å². The number of hydrogen-bond donors (Lipinski definition) is 1. The first-order chi connectivity index (χ1) is 5.84. The van der Waals surface area contributed by atoms with Gasteiger partial charge >= 0.3 is 0 Å². The zero-order valence-electron chi connectivity index (χ0n) is 7.01. The van der Waals surface area contributed by atoms with Crippen LogP contribution in [0.25, 0.3) is 0 Å². The highest BCUT2D eigenvalue weighted by Gasteiger charge is 2.20. The van der Waals surface area contributed by atoms with Crippen molar-refractivity contribution < 1.29 is 9.53 Å². The van der Waals surface area contributed by atoms with Crippen LogP contribution in [0.4, 0.5) is 0 Å². The van der Waals surface area contributed by atoms with Gasteiger partial charge in [-0.2, -0.15) is 0 Å². The minimum Gasteiger partial charge on any atom is -0.368 e. The second-order valence-electron chi connectivity index (χ2n) is 2.84. The first-order valence-corrected chi connectivity index (χ1v) is 4.83. The van der Waals surface area contributed by atoms with Crippen LogP contribution in [-0.2, 0) is 9.53 Å². The SMILES string of the molecule is O=C(NCCCl)C1CCCCO1. The van der Waals surface area contributed by atoms with Crippen LogP contribution in [0, 0.1) is 0 Å². The van der Waals surface area contributed by atoms with Gasteiger partial charge in [-0.25, -0.2) is 0 Å². The third-order valence-electron chi connectivity index (χ3n) is 1.87. The summed E-state index contributed by atoms with van der Waals surface area (Å²) in [5.74, 6) is 0.439. The van der Waals surface area contributed by atoms with Gasteiger partial charge < -0.3 is 10.1 Å². The molecule has 0 aromatic carbocycles. The Balaban J connectivity index is 2.20. The van der Waals surface area contributed by atoms with Crippen molar-refractivity contribution in [2.45, 2.75) is 25.4 Å². The van der Waals surface area contributed by atoms with E-state index in [1.54, 1.807) is 0 Å². The normalized spacial score (nSPS) is 23.6. The van der Waals surface area contributed by atoms with Crippen molar-refractivity contribution in [3.05, 3.63) is 0 Å². The zero-order valence-corrected chi connectivity index (χ0v) is 7.77. The molecule has 0 spiro atoms. The van der Waals surface area contributed by atoms with Gasteiger partial charge in [0.05, 0.1) is 0 Å². The molecule has 1 N–H and O–H groups in total. The molecule has 0 aliphatic carbocycles. The monoisotopic (exact) mass is 191 g/mol. The van der Waals surface area contributed by atoms with Crippen LogP contribution < -0.4 is 5.32 Å². The lowest BCUT2D eigenvalue weighted by atomic mass is 10.1. The number of ether oxygens (including phenoxy) is 1. The Labute approximate surface area is 77.4 Å². The lowest BCUT2D eigenvalue weighted by Gasteiger charge is -2.21. The number of carbonyl (C=O) groups is 1. The second kappa shape index (κ2) is 5.38. The van der Waals surface area contributed by atoms with Crippen molar-refractivity contribution in [3.63, 3.8) is 0 Å². The van der Waals surface area contributed by atoms with Crippen LogP contribution >= 0.6 is 11.6 Å². The largest absolute Gasteiger partial charge is 0.368 e. The maximum Gasteiger partial charge on any atom is 0.249 e. The molecule has 1 unspecified atom stereocenters. The number of carbonyl (C=O) groups excluding carboxylic acids is 1. The van der Waals surface area contributed by atoms with Crippen molar-refractivity contribution in [2.75, 3.05) is 19.0 Å². The molecule has 1 rings (SSSR count). The molecule has 3 nitrogen and oxygen atoms in total. The summed E-state index contributed by atoms with van der Waals surface area (Å²) in [6, 6.07) is 0. The third kappa shape index (κ3) is 2.99. The van der Waals surface area contributed by atoms with Crippen LogP contribution in [-0.4, -0.2) is 31.0 Å². The van der Waals surface area contributed by atoms with E-state index in [1.807, 2.05) is 0 Å². The number of amides is 1. The van der Waals surface area contributed by atoms with Gasteiger partial charge in [-0.05, 0) is 19.3 Å². The maximum atomic E-state index is 11.3. The summed E-state index contributed by atoms with van der Waals surface area (Å²) < 4.78 is 5.28. The Bertz CT molecular complexity index is 146. The Morgan fingerprint density at radius 3 is 3.00 bits per heavy atom. The molecule has 70 valence electrons. The van der Waals surface area contributed by atoms with Crippen molar-refractivity contribution in [1.82, 2.24) is 5.32 Å². The molecule has 0 aromatic rings. The van der Waals surface area contributed by atoms with Gasteiger partial charge in [0.25, 0.3) is 0 Å². The van der Waals surface area contributed by atoms with Crippen LogP contribution in [0.1, 0.15) is 19.3 Å².